The summed E-state index contributed by atoms with van der Waals surface area (Å²) in [7, 11) is 0. The molecule has 0 aromatic heterocycles. The summed E-state index contributed by atoms with van der Waals surface area (Å²) >= 11 is 0. The molecule has 0 saturated heterocycles. The van der Waals surface area contributed by atoms with E-state index < -0.39 is 12.0 Å². The molecule has 2 N–H and O–H groups in total. The standard InChI is InChI=1S/C45H88N2O4/c1-4-7-10-13-16-19-21-23-26-29-32-35-40-47(41-36-33-30-27-24-22-20-17-14-11-8-5-2)45(51)42(38-39-44(49)50)46-43(48)37-34-31-28-25-18-15-12-9-6-3/h42H,4-41H2,1-3H3,(H,46,48)(H,49,50). The average Bonchev–Trinajstić information content (AvgIpc) is 3.12. The summed E-state index contributed by atoms with van der Waals surface area (Å²) in [5, 5.41) is 12.4. The van der Waals surface area contributed by atoms with Crippen molar-refractivity contribution in [1.29, 1.82) is 0 Å². The third kappa shape index (κ3) is 35.2. The average molecular weight is 721 g/mol. The van der Waals surface area contributed by atoms with Gasteiger partial charge >= 0.3 is 5.97 Å². The molecule has 1 unspecified atom stereocenters. The van der Waals surface area contributed by atoms with Crippen LogP contribution >= 0.6 is 0 Å². The smallest absolute Gasteiger partial charge is 0.303 e. The SMILES string of the molecule is CCCCCCCCCCCCCCN(CCCCCCCCCCCCCC)C(=O)C(CCC(=O)O)NC(=O)CCCCCCCCCCC. The van der Waals surface area contributed by atoms with E-state index in [0.29, 0.717) is 19.5 Å². The van der Waals surface area contributed by atoms with Crippen LogP contribution in [0.4, 0.5) is 0 Å². The molecular formula is C45H88N2O4. The number of carboxylic acids is 1. The van der Waals surface area contributed by atoms with Crippen LogP contribution in [-0.2, 0) is 14.4 Å². The summed E-state index contributed by atoms with van der Waals surface area (Å²) in [5.41, 5.74) is 0. The van der Waals surface area contributed by atoms with E-state index in [1.54, 1.807) is 0 Å². The van der Waals surface area contributed by atoms with Crippen LogP contribution < -0.4 is 5.32 Å². The van der Waals surface area contributed by atoms with E-state index >= 15 is 0 Å². The van der Waals surface area contributed by atoms with Crippen LogP contribution in [0.1, 0.15) is 252 Å². The first-order valence-corrected chi connectivity index (χ1v) is 22.8. The van der Waals surface area contributed by atoms with Gasteiger partial charge in [-0.15, -0.1) is 0 Å². The fourth-order valence-electron chi connectivity index (χ4n) is 7.23. The van der Waals surface area contributed by atoms with Gasteiger partial charge in [-0.3, -0.25) is 14.4 Å². The summed E-state index contributed by atoms with van der Waals surface area (Å²) in [6.45, 7) is 8.18. The van der Waals surface area contributed by atoms with Gasteiger partial charge in [0.05, 0.1) is 0 Å². The number of carbonyl (C=O) groups is 3. The molecule has 51 heavy (non-hydrogen) atoms. The van der Waals surface area contributed by atoms with Crippen molar-refractivity contribution in [2.45, 2.75) is 258 Å². The Balaban J connectivity index is 4.81. The maximum absolute atomic E-state index is 13.9. The maximum Gasteiger partial charge on any atom is 0.303 e. The highest BCUT2D eigenvalue weighted by molar-refractivity contribution is 5.88. The van der Waals surface area contributed by atoms with Gasteiger partial charge in [-0.2, -0.15) is 0 Å². The van der Waals surface area contributed by atoms with Gasteiger partial charge in [0, 0.05) is 25.9 Å². The van der Waals surface area contributed by atoms with Crippen molar-refractivity contribution in [3.63, 3.8) is 0 Å². The van der Waals surface area contributed by atoms with Crippen LogP contribution in [0.5, 0.6) is 0 Å². The molecule has 0 rings (SSSR count). The lowest BCUT2D eigenvalue weighted by atomic mass is 10.0. The van der Waals surface area contributed by atoms with Crippen LogP contribution in [0.15, 0.2) is 0 Å². The Hall–Kier alpha value is -1.59. The number of nitrogens with one attached hydrogen (secondary N) is 1. The van der Waals surface area contributed by atoms with Gasteiger partial charge in [-0.1, -0.05) is 213 Å². The van der Waals surface area contributed by atoms with Gasteiger partial charge in [0.1, 0.15) is 6.04 Å². The second kappa shape index (κ2) is 39.6. The molecule has 2 amide bonds. The second-order valence-electron chi connectivity index (χ2n) is 15.7. The maximum atomic E-state index is 13.9. The zero-order valence-corrected chi connectivity index (χ0v) is 34.6. The van der Waals surface area contributed by atoms with Crippen LogP contribution in [0.2, 0.25) is 0 Å². The molecule has 0 aromatic carbocycles. The van der Waals surface area contributed by atoms with Crippen molar-refractivity contribution < 1.29 is 19.5 Å². The lowest BCUT2D eigenvalue weighted by Gasteiger charge is -2.28. The Morgan fingerprint density at radius 3 is 1.04 bits per heavy atom. The van der Waals surface area contributed by atoms with Crippen molar-refractivity contribution in [3.05, 3.63) is 0 Å². The fraction of sp³-hybridized carbons (Fsp3) is 0.933. The van der Waals surface area contributed by atoms with Crippen molar-refractivity contribution in [2.75, 3.05) is 13.1 Å². The van der Waals surface area contributed by atoms with E-state index in [0.717, 1.165) is 44.9 Å². The molecule has 0 fully saturated rings. The Bertz CT molecular complexity index is 745. The quantitative estimate of drug-likeness (QED) is 0.0616. The van der Waals surface area contributed by atoms with Crippen LogP contribution in [0.3, 0.4) is 0 Å². The summed E-state index contributed by atoms with van der Waals surface area (Å²) in [6.07, 6.45) is 41.8. The lowest BCUT2D eigenvalue weighted by Crippen LogP contribution is -2.49. The largest absolute Gasteiger partial charge is 0.481 e. The molecule has 6 heteroatoms. The van der Waals surface area contributed by atoms with Crippen LogP contribution in [-0.4, -0.2) is 46.9 Å². The van der Waals surface area contributed by atoms with E-state index in [2.05, 4.69) is 26.1 Å². The first kappa shape index (κ1) is 49.4. The fourth-order valence-corrected chi connectivity index (χ4v) is 7.23. The molecular weight excluding hydrogens is 633 g/mol. The minimum atomic E-state index is -0.922. The van der Waals surface area contributed by atoms with E-state index in [9.17, 15) is 19.5 Å². The molecule has 1 atom stereocenters. The summed E-state index contributed by atoms with van der Waals surface area (Å²) in [5.74, 6) is -1.12. The van der Waals surface area contributed by atoms with Gasteiger partial charge in [0.15, 0.2) is 0 Å². The third-order valence-electron chi connectivity index (χ3n) is 10.7. The highest BCUT2D eigenvalue weighted by atomic mass is 16.4. The van der Waals surface area contributed by atoms with E-state index in [-0.39, 0.29) is 24.7 Å². The first-order valence-electron chi connectivity index (χ1n) is 22.8. The Kier molecular flexibility index (Phi) is 38.4. The summed E-state index contributed by atoms with van der Waals surface area (Å²) in [4.78, 5) is 40.3. The van der Waals surface area contributed by atoms with Gasteiger partial charge in [0.25, 0.3) is 0 Å². The third-order valence-corrected chi connectivity index (χ3v) is 10.7. The predicted molar refractivity (Wildman–Crippen MR) is 219 cm³/mol. The van der Waals surface area contributed by atoms with Gasteiger partial charge in [-0.05, 0) is 25.7 Å². The zero-order valence-electron chi connectivity index (χ0n) is 34.6. The van der Waals surface area contributed by atoms with E-state index in [4.69, 9.17) is 0 Å². The zero-order chi connectivity index (χ0) is 37.5. The summed E-state index contributed by atoms with van der Waals surface area (Å²) in [6, 6.07) is -0.748. The van der Waals surface area contributed by atoms with Crippen LogP contribution in [0, 0.1) is 0 Å². The molecule has 0 aliphatic rings. The predicted octanol–water partition coefficient (Wildman–Crippen LogP) is 13.5. The molecule has 0 spiro atoms. The van der Waals surface area contributed by atoms with Crippen LogP contribution in [0.25, 0.3) is 0 Å². The lowest BCUT2D eigenvalue weighted by molar-refractivity contribution is -0.139. The number of amides is 2. The molecule has 0 heterocycles. The molecule has 6 nitrogen and oxygen atoms in total. The topological polar surface area (TPSA) is 86.7 Å². The minimum Gasteiger partial charge on any atom is -0.481 e. The number of rotatable bonds is 41. The van der Waals surface area contributed by atoms with Gasteiger partial charge in [-0.25, -0.2) is 0 Å². The molecule has 0 saturated carbocycles. The first-order chi connectivity index (χ1) is 25.0. The van der Waals surface area contributed by atoms with E-state index in [1.165, 1.54) is 167 Å². The molecule has 302 valence electrons. The number of hydrogen-bond donors (Lipinski definition) is 2. The number of nitrogens with zero attached hydrogens (tertiary/aromatic N) is 1. The number of carbonyl (C=O) groups excluding carboxylic acids is 2. The monoisotopic (exact) mass is 721 g/mol. The highest BCUT2D eigenvalue weighted by Crippen LogP contribution is 2.16. The van der Waals surface area contributed by atoms with Gasteiger partial charge in [0.2, 0.25) is 11.8 Å². The highest BCUT2D eigenvalue weighted by Gasteiger charge is 2.26. The normalized spacial score (nSPS) is 11.9. The van der Waals surface area contributed by atoms with Crippen molar-refractivity contribution >= 4 is 17.8 Å². The number of hydrogen-bond acceptors (Lipinski definition) is 3. The van der Waals surface area contributed by atoms with Gasteiger partial charge < -0.3 is 15.3 Å². The number of unbranched alkanes of at least 4 members (excludes halogenated alkanes) is 30. The Morgan fingerprint density at radius 2 is 0.725 bits per heavy atom. The Labute approximate surface area is 317 Å². The molecule has 0 radical (unpaired) electrons. The van der Waals surface area contributed by atoms with Crippen molar-refractivity contribution in [1.82, 2.24) is 10.2 Å². The molecule has 0 aliphatic carbocycles. The van der Waals surface area contributed by atoms with Crippen molar-refractivity contribution in [2.24, 2.45) is 0 Å². The molecule has 0 aromatic rings. The second-order valence-corrected chi connectivity index (χ2v) is 15.7. The number of carboxylic acid groups (broad SMARTS) is 1. The number of aliphatic carboxylic acids is 1. The molecule has 0 bridgehead atoms. The van der Waals surface area contributed by atoms with Crippen molar-refractivity contribution in [3.8, 4) is 0 Å². The minimum absolute atomic E-state index is 0.0807. The molecule has 0 aliphatic heterocycles. The summed E-state index contributed by atoms with van der Waals surface area (Å²) < 4.78 is 0. The Morgan fingerprint density at radius 1 is 0.431 bits per heavy atom. The van der Waals surface area contributed by atoms with E-state index in [1.807, 2.05) is 4.90 Å².